The summed E-state index contributed by atoms with van der Waals surface area (Å²) in [4.78, 5) is 13.9. The molecule has 0 unspecified atom stereocenters. The minimum Gasteiger partial charge on any atom is -0.398 e. The lowest BCUT2D eigenvalue weighted by Crippen LogP contribution is -2.27. The van der Waals surface area contributed by atoms with Crippen LogP contribution in [0.15, 0.2) is 42.5 Å². The summed E-state index contributed by atoms with van der Waals surface area (Å²) in [5.74, 6) is -0.197. The Bertz CT molecular complexity index is 701. The average Bonchev–Trinajstić information content (AvgIpc) is 2.46. The number of aryl methyl sites for hydroxylation is 1. The highest BCUT2D eigenvalue weighted by molar-refractivity contribution is 6.09. The number of nitrogens with two attached hydrogens (primary N) is 1. The highest BCUT2D eigenvalue weighted by Gasteiger charge is 2.16. The highest BCUT2D eigenvalue weighted by atomic mass is 16.2. The number of carbonyl (C=O) groups is 1. The number of nitrogen functional groups attached to an aromatic ring is 1. The van der Waals surface area contributed by atoms with E-state index in [9.17, 15) is 4.79 Å². The van der Waals surface area contributed by atoms with E-state index in [2.05, 4.69) is 6.07 Å². The van der Waals surface area contributed by atoms with Crippen LogP contribution in [-0.4, -0.2) is 13.0 Å². The zero-order valence-electron chi connectivity index (χ0n) is 11.4. The average molecular weight is 265 g/mol. The van der Waals surface area contributed by atoms with Crippen LogP contribution in [0.4, 0.5) is 11.4 Å². The molecular formula is C16H15N3O. The smallest absolute Gasteiger partial charge is 0.260 e. The molecule has 0 aliphatic carbocycles. The second-order valence-electron chi connectivity index (χ2n) is 4.62. The summed E-state index contributed by atoms with van der Waals surface area (Å²) in [7, 11) is 1.66. The van der Waals surface area contributed by atoms with Crippen LogP contribution in [0.3, 0.4) is 0 Å². The van der Waals surface area contributed by atoms with Crippen molar-refractivity contribution < 1.29 is 4.79 Å². The Morgan fingerprint density at radius 3 is 2.65 bits per heavy atom. The van der Waals surface area contributed by atoms with Gasteiger partial charge in [-0.2, -0.15) is 5.26 Å². The van der Waals surface area contributed by atoms with Crippen molar-refractivity contribution in [2.75, 3.05) is 17.7 Å². The molecule has 2 N–H and O–H groups in total. The van der Waals surface area contributed by atoms with Gasteiger partial charge in [0.1, 0.15) is 0 Å². The zero-order chi connectivity index (χ0) is 14.7. The molecule has 0 heterocycles. The van der Waals surface area contributed by atoms with Crippen LogP contribution in [0.25, 0.3) is 0 Å². The highest BCUT2D eigenvalue weighted by Crippen LogP contribution is 2.20. The summed E-state index contributed by atoms with van der Waals surface area (Å²) in [6.07, 6.45) is 0. The first-order valence-corrected chi connectivity index (χ1v) is 6.17. The quantitative estimate of drug-likeness (QED) is 0.849. The normalized spacial score (nSPS) is 9.85. The van der Waals surface area contributed by atoms with Gasteiger partial charge < -0.3 is 10.6 Å². The third-order valence-electron chi connectivity index (χ3n) is 3.10. The predicted octanol–water partition coefficient (Wildman–Crippen LogP) is 2.73. The van der Waals surface area contributed by atoms with Crippen molar-refractivity contribution >= 4 is 17.3 Å². The van der Waals surface area contributed by atoms with Crippen LogP contribution in [-0.2, 0) is 0 Å². The summed E-state index contributed by atoms with van der Waals surface area (Å²) in [5.41, 5.74) is 8.99. The topological polar surface area (TPSA) is 70.1 Å². The van der Waals surface area contributed by atoms with Crippen molar-refractivity contribution in [3.05, 3.63) is 59.2 Å². The summed E-state index contributed by atoms with van der Waals surface area (Å²) in [6, 6.07) is 14.3. The van der Waals surface area contributed by atoms with Crippen LogP contribution >= 0.6 is 0 Å². The maximum Gasteiger partial charge on any atom is 0.260 e. The molecule has 0 aromatic heterocycles. The monoisotopic (exact) mass is 265 g/mol. The number of hydrogen-bond acceptors (Lipinski definition) is 3. The second-order valence-corrected chi connectivity index (χ2v) is 4.62. The summed E-state index contributed by atoms with van der Waals surface area (Å²) >= 11 is 0. The molecule has 0 atom stereocenters. The molecule has 0 aliphatic heterocycles. The Hall–Kier alpha value is -2.80. The van der Waals surface area contributed by atoms with E-state index in [4.69, 9.17) is 11.0 Å². The van der Waals surface area contributed by atoms with Gasteiger partial charge in [0.05, 0.1) is 17.2 Å². The van der Waals surface area contributed by atoms with Gasteiger partial charge in [-0.25, -0.2) is 0 Å². The maximum absolute atomic E-state index is 12.4. The van der Waals surface area contributed by atoms with E-state index in [0.29, 0.717) is 22.5 Å². The SMILES string of the molecule is Cc1ccc(C(=O)N(C)c2cccc(C#N)c2)c(N)c1. The molecule has 0 spiro atoms. The molecule has 2 rings (SSSR count). The first-order valence-electron chi connectivity index (χ1n) is 6.17. The van der Waals surface area contributed by atoms with Crippen LogP contribution < -0.4 is 10.6 Å². The molecule has 0 bridgehead atoms. The molecular weight excluding hydrogens is 250 g/mol. The molecule has 20 heavy (non-hydrogen) atoms. The molecule has 2 aromatic carbocycles. The lowest BCUT2D eigenvalue weighted by molar-refractivity contribution is 0.0994. The molecule has 4 nitrogen and oxygen atoms in total. The lowest BCUT2D eigenvalue weighted by Gasteiger charge is -2.18. The number of benzene rings is 2. The number of carbonyl (C=O) groups excluding carboxylic acids is 1. The minimum absolute atomic E-state index is 0.197. The second kappa shape index (κ2) is 5.45. The molecule has 0 saturated carbocycles. The van der Waals surface area contributed by atoms with Crippen molar-refractivity contribution in [1.82, 2.24) is 0 Å². The Kier molecular flexibility index (Phi) is 3.72. The fourth-order valence-electron chi connectivity index (χ4n) is 1.96. The number of hydrogen-bond donors (Lipinski definition) is 1. The molecule has 2 aromatic rings. The van der Waals surface area contributed by atoms with Crippen molar-refractivity contribution in [2.24, 2.45) is 0 Å². The molecule has 0 saturated heterocycles. The van der Waals surface area contributed by atoms with E-state index in [1.807, 2.05) is 13.0 Å². The van der Waals surface area contributed by atoms with Crippen LogP contribution in [0, 0.1) is 18.3 Å². The predicted molar refractivity (Wildman–Crippen MR) is 79.5 cm³/mol. The van der Waals surface area contributed by atoms with E-state index < -0.39 is 0 Å². The number of nitrogens with zero attached hydrogens (tertiary/aromatic N) is 2. The Balaban J connectivity index is 2.35. The fourth-order valence-corrected chi connectivity index (χ4v) is 1.96. The van der Waals surface area contributed by atoms with E-state index in [1.165, 1.54) is 4.90 Å². The Morgan fingerprint density at radius 1 is 1.25 bits per heavy atom. The molecule has 100 valence electrons. The molecule has 0 aliphatic rings. The van der Waals surface area contributed by atoms with E-state index >= 15 is 0 Å². The van der Waals surface area contributed by atoms with Crippen LogP contribution in [0.1, 0.15) is 21.5 Å². The van der Waals surface area contributed by atoms with Gasteiger partial charge in [0, 0.05) is 18.4 Å². The third-order valence-corrected chi connectivity index (χ3v) is 3.10. The first-order chi connectivity index (χ1) is 9.52. The van der Waals surface area contributed by atoms with Gasteiger partial charge in [-0.15, -0.1) is 0 Å². The van der Waals surface area contributed by atoms with Crippen molar-refractivity contribution in [3.8, 4) is 6.07 Å². The van der Waals surface area contributed by atoms with E-state index in [-0.39, 0.29) is 5.91 Å². The molecule has 4 heteroatoms. The van der Waals surface area contributed by atoms with Gasteiger partial charge in [-0.3, -0.25) is 4.79 Å². The minimum atomic E-state index is -0.197. The third kappa shape index (κ3) is 2.62. The van der Waals surface area contributed by atoms with Crippen molar-refractivity contribution in [1.29, 1.82) is 5.26 Å². The van der Waals surface area contributed by atoms with Crippen LogP contribution in [0.2, 0.25) is 0 Å². The fraction of sp³-hybridized carbons (Fsp3) is 0.125. The van der Waals surface area contributed by atoms with Gasteiger partial charge >= 0.3 is 0 Å². The Labute approximate surface area is 118 Å². The van der Waals surface area contributed by atoms with E-state index in [0.717, 1.165) is 5.56 Å². The molecule has 1 amide bonds. The zero-order valence-corrected chi connectivity index (χ0v) is 11.4. The summed E-state index contributed by atoms with van der Waals surface area (Å²) in [6.45, 7) is 1.92. The number of amides is 1. The lowest BCUT2D eigenvalue weighted by atomic mass is 10.1. The van der Waals surface area contributed by atoms with Gasteiger partial charge in [-0.1, -0.05) is 12.1 Å². The van der Waals surface area contributed by atoms with Gasteiger partial charge in [0.25, 0.3) is 5.91 Å². The summed E-state index contributed by atoms with van der Waals surface area (Å²) in [5, 5.41) is 8.90. The van der Waals surface area contributed by atoms with E-state index in [1.54, 1.807) is 43.4 Å². The standard InChI is InChI=1S/C16H15N3O/c1-11-6-7-14(15(18)8-11)16(20)19(2)13-5-3-4-12(9-13)10-17/h3-9H,18H2,1-2H3. The van der Waals surface area contributed by atoms with Crippen molar-refractivity contribution in [3.63, 3.8) is 0 Å². The number of rotatable bonds is 2. The molecule has 0 fully saturated rings. The number of nitriles is 1. The maximum atomic E-state index is 12.4. The van der Waals surface area contributed by atoms with Gasteiger partial charge in [0.2, 0.25) is 0 Å². The largest absolute Gasteiger partial charge is 0.398 e. The summed E-state index contributed by atoms with van der Waals surface area (Å²) < 4.78 is 0. The van der Waals surface area contributed by atoms with Gasteiger partial charge in [0.15, 0.2) is 0 Å². The van der Waals surface area contributed by atoms with Crippen molar-refractivity contribution in [2.45, 2.75) is 6.92 Å². The van der Waals surface area contributed by atoms with Crippen LogP contribution in [0.5, 0.6) is 0 Å². The molecule has 0 radical (unpaired) electrons. The first kappa shape index (κ1) is 13.6. The van der Waals surface area contributed by atoms with Gasteiger partial charge in [-0.05, 0) is 42.8 Å². The Morgan fingerprint density at radius 2 is 2.00 bits per heavy atom. The number of anilines is 2.